The molecule has 0 fully saturated rings. The zero-order chi connectivity index (χ0) is 9.23. The van der Waals surface area contributed by atoms with Crippen molar-refractivity contribution in [2.45, 2.75) is 52.4 Å². The summed E-state index contributed by atoms with van der Waals surface area (Å²) in [5, 5.41) is 0.670. The fourth-order valence-corrected chi connectivity index (χ4v) is 1.18. The van der Waals surface area contributed by atoms with E-state index in [4.69, 9.17) is 17.0 Å². The van der Waals surface area contributed by atoms with Gasteiger partial charge in [-0.3, -0.25) is 0 Å². The van der Waals surface area contributed by atoms with Crippen LogP contribution >= 0.6 is 12.2 Å². The summed E-state index contributed by atoms with van der Waals surface area (Å²) in [4.78, 5) is 0. The van der Waals surface area contributed by atoms with Crippen LogP contribution in [0.3, 0.4) is 0 Å². The Morgan fingerprint density at radius 3 is 2.15 bits per heavy atom. The topological polar surface area (TPSA) is 9.23 Å². The van der Waals surface area contributed by atoms with Gasteiger partial charge in [0.2, 0.25) is 0 Å². The Kier molecular flexibility index (Phi) is 15.1. The molecule has 82 valence electrons. The van der Waals surface area contributed by atoms with Gasteiger partial charge in [0, 0.05) is 23.4 Å². The van der Waals surface area contributed by atoms with Crippen molar-refractivity contribution in [1.82, 2.24) is 0 Å². The van der Waals surface area contributed by atoms with Crippen LogP contribution in [0.2, 0.25) is 0 Å². The van der Waals surface area contributed by atoms with E-state index in [-0.39, 0.29) is 16.5 Å². The molecule has 3 heteroatoms. The maximum atomic E-state index is 5.18. The summed E-state index contributed by atoms with van der Waals surface area (Å²) in [5.74, 6) is 0. The molecule has 1 nitrogen and oxygen atoms in total. The number of thiocarbonyl (C=S) groups is 1. The summed E-state index contributed by atoms with van der Waals surface area (Å²) >= 11 is 4.79. The van der Waals surface area contributed by atoms with Crippen molar-refractivity contribution in [1.29, 1.82) is 0 Å². The number of rotatable bonds is 7. The van der Waals surface area contributed by atoms with Crippen LogP contribution in [0.25, 0.3) is 0 Å². The van der Waals surface area contributed by atoms with Gasteiger partial charge in [-0.05, 0) is 18.6 Å². The van der Waals surface area contributed by atoms with E-state index >= 15 is 0 Å². The quantitative estimate of drug-likeness (QED) is 0.385. The molecule has 0 aromatic heterocycles. The smallest absolute Gasteiger partial charge is 0.156 e. The molecule has 0 bridgehead atoms. The second-order valence-corrected chi connectivity index (χ2v) is 3.68. The second-order valence-electron chi connectivity index (χ2n) is 3.11. The van der Waals surface area contributed by atoms with Crippen LogP contribution < -0.4 is 0 Å². The molecule has 0 atom stereocenters. The molecule has 0 heterocycles. The van der Waals surface area contributed by atoms with Gasteiger partial charge in [0.05, 0.1) is 6.61 Å². The van der Waals surface area contributed by atoms with Crippen molar-refractivity contribution in [2.24, 2.45) is 0 Å². The molecule has 0 saturated heterocycles. The largest absolute Gasteiger partial charge is 0.487 e. The third kappa shape index (κ3) is 15.2. The van der Waals surface area contributed by atoms with Crippen LogP contribution in [-0.2, 0) is 21.2 Å². The number of hydrogen-bond donors (Lipinski definition) is 0. The van der Waals surface area contributed by atoms with Gasteiger partial charge >= 0.3 is 0 Å². The predicted octanol–water partition coefficient (Wildman–Crippen LogP) is 3.71. The van der Waals surface area contributed by atoms with E-state index < -0.39 is 0 Å². The fraction of sp³-hybridized carbons (Fsp3) is 0.900. The minimum absolute atomic E-state index is 0. The van der Waals surface area contributed by atoms with Gasteiger partial charge in [-0.2, -0.15) is 0 Å². The molecule has 0 spiro atoms. The molecule has 0 N–H and O–H groups in total. The Labute approximate surface area is 97.5 Å². The SMILES string of the molecule is CCCCCCCCOC(C)=S.[Ni]. The van der Waals surface area contributed by atoms with Gasteiger partial charge in [-0.15, -0.1) is 0 Å². The maximum Gasteiger partial charge on any atom is 0.156 e. The Hall–Kier alpha value is 0.384. The molecule has 0 aliphatic heterocycles. The van der Waals surface area contributed by atoms with Gasteiger partial charge < -0.3 is 4.74 Å². The molecule has 13 heavy (non-hydrogen) atoms. The number of ether oxygens (including phenoxy) is 1. The van der Waals surface area contributed by atoms with E-state index in [1.807, 2.05) is 6.92 Å². The van der Waals surface area contributed by atoms with E-state index in [0.29, 0.717) is 5.05 Å². The van der Waals surface area contributed by atoms with E-state index in [0.717, 1.165) is 13.0 Å². The van der Waals surface area contributed by atoms with Crippen LogP contribution in [0, 0.1) is 0 Å². The zero-order valence-corrected chi connectivity index (χ0v) is 10.4. The van der Waals surface area contributed by atoms with Crippen molar-refractivity contribution in [3.8, 4) is 0 Å². The first-order valence-electron chi connectivity index (χ1n) is 4.90. The Morgan fingerprint density at radius 2 is 1.62 bits per heavy atom. The molecule has 0 unspecified atom stereocenters. The average Bonchev–Trinajstić information content (AvgIpc) is 2.02. The third-order valence-electron chi connectivity index (χ3n) is 1.80. The minimum Gasteiger partial charge on any atom is -0.487 e. The summed E-state index contributed by atoms with van der Waals surface area (Å²) in [6, 6.07) is 0. The molecule has 0 radical (unpaired) electrons. The molecule has 0 aliphatic rings. The maximum absolute atomic E-state index is 5.18. The number of hydrogen-bond acceptors (Lipinski definition) is 2. The van der Waals surface area contributed by atoms with Crippen molar-refractivity contribution in [2.75, 3.05) is 6.61 Å². The molecular weight excluding hydrogens is 227 g/mol. The molecule has 0 amide bonds. The summed E-state index contributed by atoms with van der Waals surface area (Å²) < 4.78 is 5.18. The first kappa shape index (κ1) is 15.8. The summed E-state index contributed by atoms with van der Waals surface area (Å²) in [6.45, 7) is 4.87. The van der Waals surface area contributed by atoms with Gasteiger partial charge in [-0.25, -0.2) is 0 Å². The van der Waals surface area contributed by atoms with Crippen molar-refractivity contribution in [3.63, 3.8) is 0 Å². The Balaban J connectivity index is 0. The van der Waals surface area contributed by atoms with E-state index in [1.165, 1.54) is 32.1 Å². The molecule has 0 aliphatic carbocycles. The Bertz CT molecular complexity index is 117. The molecular formula is C10H20NiOS. The normalized spacial score (nSPS) is 9.08. The van der Waals surface area contributed by atoms with E-state index in [1.54, 1.807) is 0 Å². The monoisotopic (exact) mass is 246 g/mol. The van der Waals surface area contributed by atoms with Crippen LogP contribution in [0.5, 0.6) is 0 Å². The fourth-order valence-electron chi connectivity index (χ4n) is 1.10. The minimum atomic E-state index is 0. The van der Waals surface area contributed by atoms with Gasteiger partial charge in [0.15, 0.2) is 5.05 Å². The van der Waals surface area contributed by atoms with Crippen LogP contribution in [0.1, 0.15) is 52.4 Å². The molecule has 0 rings (SSSR count). The zero-order valence-electron chi connectivity index (χ0n) is 8.58. The van der Waals surface area contributed by atoms with E-state index in [9.17, 15) is 0 Å². The molecule has 0 aromatic carbocycles. The number of unbranched alkanes of at least 4 members (excludes halogenated alkanes) is 5. The van der Waals surface area contributed by atoms with Crippen LogP contribution in [0.4, 0.5) is 0 Å². The van der Waals surface area contributed by atoms with Gasteiger partial charge in [0.1, 0.15) is 0 Å². The average molecular weight is 247 g/mol. The van der Waals surface area contributed by atoms with E-state index in [2.05, 4.69) is 6.92 Å². The molecule has 0 aromatic rings. The molecule has 0 saturated carbocycles. The third-order valence-corrected chi connectivity index (χ3v) is 1.92. The van der Waals surface area contributed by atoms with Gasteiger partial charge in [0.25, 0.3) is 0 Å². The summed E-state index contributed by atoms with van der Waals surface area (Å²) in [7, 11) is 0. The summed E-state index contributed by atoms with van der Waals surface area (Å²) in [6.07, 6.45) is 7.82. The van der Waals surface area contributed by atoms with Crippen LogP contribution in [0.15, 0.2) is 0 Å². The second kappa shape index (κ2) is 12.4. The Morgan fingerprint density at radius 1 is 1.08 bits per heavy atom. The van der Waals surface area contributed by atoms with Crippen LogP contribution in [-0.4, -0.2) is 11.7 Å². The van der Waals surface area contributed by atoms with Gasteiger partial charge in [-0.1, -0.05) is 39.0 Å². The first-order valence-corrected chi connectivity index (χ1v) is 5.31. The van der Waals surface area contributed by atoms with Crippen molar-refractivity contribution >= 4 is 17.3 Å². The standard InChI is InChI=1S/C10H20OS.Ni/c1-3-4-5-6-7-8-9-11-10(2)12;/h3-9H2,1-2H3;. The first-order chi connectivity index (χ1) is 5.77. The van der Waals surface area contributed by atoms with Crippen molar-refractivity contribution < 1.29 is 21.2 Å². The summed E-state index contributed by atoms with van der Waals surface area (Å²) in [5.41, 5.74) is 0. The van der Waals surface area contributed by atoms with Crippen molar-refractivity contribution in [3.05, 3.63) is 0 Å². The predicted molar refractivity (Wildman–Crippen MR) is 57.6 cm³/mol.